The van der Waals surface area contributed by atoms with Crippen LogP contribution in [0, 0.1) is 0 Å². The van der Waals surface area contributed by atoms with Crippen molar-refractivity contribution in [1.29, 1.82) is 0 Å². The highest BCUT2D eigenvalue weighted by Gasteiger charge is 2.16. The number of halogens is 1. The second-order valence-corrected chi connectivity index (χ2v) is 7.18. The maximum atomic E-state index is 12.4. The van der Waals surface area contributed by atoms with Gasteiger partial charge in [0.2, 0.25) is 0 Å². The van der Waals surface area contributed by atoms with Crippen LogP contribution in [0.4, 0.5) is 0 Å². The van der Waals surface area contributed by atoms with Crippen LogP contribution < -0.4 is 15.6 Å². The number of hydrazine groups is 1. The lowest BCUT2D eigenvalue weighted by Crippen LogP contribution is -2.43. The van der Waals surface area contributed by atoms with Gasteiger partial charge in [-0.3, -0.25) is 20.4 Å². The lowest BCUT2D eigenvalue weighted by Gasteiger charge is -2.12. The van der Waals surface area contributed by atoms with Gasteiger partial charge in [-0.05, 0) is 30.3 Å². The molecule has 0 saturated heterocycles. The van der Waals surface area contributed by atoms with Crippen LogP contribution in [-0.2, 0) is 16.1 Å². The Morgan fingerprint density at radius 2 is 1.48 bits per heavy atom. The number of hydrogen-bond donors (Lipinski definition) is 2. The van der Waals surface area contributed by atoms with Crippen LogP contribution >= 0.6 is 15.9 Å². The number of hydrogen-bond acceptors (Lipinski definition) is 5. The fourth-order valence-electron chi connectivity index (χ4n) is 2.57. The molecule has 3 aromatic carbocycles. The van der Waals surface area contributed by atoms with E-state index in [1.165, 1.54) is 0 Å². The number of amides is 2. The van der Waals surface area contributed by atoms with Crippen LogP contribution in [0.25, 0.3) is 0 Å². The molecular weight excluding hydrogens is 464 g/mol. The van der Waals surface area contributed by atoms with Gasteiger partial charge < -0.3 is 9.47 Å². The molecule has 3 aromatic rings. The van der Waals surface area contributed by atoms with E-state index in [1.807, 2.05) is 24.3 Å². The van der Waals surface area contributed by atoms with Crippen LogP contribution in [0.2, 0.25) is 0 Å². The summed E-state index contributed by atoms with van der Waals surface area (Å²) in [4.78, 5) is 36.2. The summed E-state index contributed by atoms with van der Waals surface area (Å²) in [5.74, 6) is -1.54. The lowest BCUT2D eigenvalue weighted by atomic mass is 10.2. The van der Waals surface area contributed by atoms with Gasteiger partial charge in [0.25, 0.3) is 11.8 Å². The molecule has 31 heavy (non-hydrogen) atoms. The summed E-state index contributed by atoms with van der Waals surface area (Å²) >= 11 is 3.45. The van der Waals surface area contributed by atoms with Crippen molar-refractivity contribution in [3.05, 3.63) is 100 Å². The first kappa shape index (κ1) is 22.0. The molecule has 0 aliphatic rings. The summed E-state index contributed by atoms with van der Waals surface area (Å²) in [7, 11) is 0. The van der Waals surface area contributed by atoms with Gasteiger partial charge >= 0.3 is 5.97 Å². The molecule has 0 atom stereocenters. The van der Waals surface area contributed by atoms with E-state index in [1.54, 1.807) is 54.6 Å². The van der Waals surface area contributed by atoms with Crippen molar-refractivity contribution in [2.24, 2.45) is 0 Å². The van der Waals surface area contributed by atoms with Crippen LogP contribution in [0.15, 0.2) is 83.3 Å². The summed E-state index contributed by atoms with van der Waals surface area (Å²) < 4.78 is 11.7. The molecule has 0 bridgehead atoms. The van der Waals surface area contributed by atoms with Crippen molar-refractivity contribution in [2.75, 3.05) is 6.61 Å². The maximum absolute atomic E-state index is 12.4. The summed E-state index contributed by atoms with van der Waals surface area (Å²) in [6, 6.07) is 22.6. The fraction of sp³-hybridized carbons (Fsp3) is 0.0870. The van der Waals surface area contributed by atoms with E-state index in [4.69, 9.17) is 9.47 Å². The first-order valence-corrected chi connectivity index (χ1v) is 10.1. The zero-order valence-electron chi connectivity index (χ0n) is 16.3. The Morgan fingerprint density at radius 1 is 0.806 bits per heavy atom. The third kappa shape index (κ3) is 6.42. The number of esters is 1. The number of para-hydroxylation sites is 1. The minimum absolute atomic E-state index is 0.190. The maximum Gasteiger partial charge on any atom is 0.342 e. The first-order valence-electron chi connectivity index (χ1n) is 9.31. The third-order valence-electron chi connectivity index (χ3n) is 4.13. The first-order chi connectivity index (χ1) is 15.0. The van der Waals surface area contributed by atoms with Gasteiger partial charge in [-0.15, -0.1) is 0 Å². The quantitative estimate of drug-likeness (QED) is 0.396. The Labute approximate surface area is 187 Å². The van der Waals surface area contributed by atoms with E-state index in [9.17, 15) is 14.4 Å². The Balaban J connectivity index is 1.51. The third-order valence-corrected chi connectivity index (χ3v) is 4.91. The number of carbonyl (C=O) groups excluding carboxylic acids is 3. The second kappa shape index (κ2) is 10.9. The number of rotatable bonds is 7. The van der Waals surface area contributed by atoms with E-state index < -0.39 is 24.4 Å². The molecule has 0 heterocycles. The minimum atomic E-state index is -0.715. The topological polar surface area (TPSA) is 93.7 Å². The fourth-order valence-corrected chi connectivity index (χ4v) is 2.96. The van der Waals surface area contributed by atoms with Crippen LogP contribution in [-0.4, -0.2) is 24.4 Å². The summed E-state index contributed by atoms with van der Waals surface area (Å²) in [6.45, 7) is -0.315. The number of carbonyl (C=O) groups is 3. The van der Waals surface area contributed by atoms with Gasteiger partial charge in [0.15, 0.2) is 6.61 Å². The Morgan fingerprint density at radius 3 is 2.26 bits per heavy atom. The normalized spacial score (nSPS) is 10.1. The van der Waals surface area contributed by atoms with E-state index in [2.05, 4.69) is 26.8 Å². The summed E-state index contributed by atoms with van der Waals surface area (Å²) in [5, 5.41) is 0. The molecule has 0 aromatic heterocycles. The Bertz CT molecular complexity index is 1070. The molecule has 0 unspecified atom stereocenters. The zero-order chi connectivity index (χ0) is 22.1. The molecule has 0 radical (unpaired) electrons. The van der Waals surface area contributed by atoms with Crippen LogP contribution in [0.5, 0.6) is 5.75 Å². The lowest BCUT2D eigenvalue weighted by molar-refractivity contribution is -0.125. The standard InChI is InChI=1S/C23H19BrN2O5/c24-19-12-6-4-10-17(19)14-30-20-13-7-5-11-18(20)23(29)31-15-21(27)25-26-22(28)16-8-2-1-3-9-16/h1-13H,14-15H2,(H,25,27)(H,26,28). The van der Waals surface area contributed by atoms with Crippen LogP contribution in [0.1, 0.15) is 26.3 Å². The number of benzene rings is 3. The average molecular weight is 483 g/mol. The molecule has 7 nitrogen and oxygen atoms in total. The predicted molar refractivity (Wildman–Crippen MR) is 117 cm³/mol. The molecule has 2 amide bonds. The molecule has 8 heteroatoms. The Kier molecular flexibility index (Phi) is 7.78. The monoisotopic (exact) mass is 482 g/mol. The number of ether oxygens (including phenoxy) is 2. The van der Waals surface area contributed by atoms with Crippen molar-refractivity contribution in [3.63, 3.8) is 0 Å². The van der Waals surface area contributed by atoms with E-state index in [0.29, 0.717) is 11.3 Å². The predicted octanol–water partition coefficient (Wildman–Crippen LogP) is 3.65. The average Bonchev–Trinajstić information content (AvgIpc) is 2.81. The van der Waals surface area contributed by atoms with Crippen molar-refractivity contribution in [3.8, 4) is 5.75 Å². The molecule has 0 fully saturated rings. The largest absolute Gasteiger partial charge is 0.488 e. The highest BCUT2D eigenvalue weighted by Crippen LogP contribution is 2.22. The van der Waals surface area contributed by atoms with E-state index >= 15 is 0 Å². The Hall–Kier alpha value is -3.65. The number of nitrogens with one attached hydrogen (secondary N) is 2. The smallest absolute Gasteiger partial charge is 0.342 e. The van der Waals surface area contributed by atoms with E-state index in [-0.39, 0.29) is 12.2 Å². The zero-order valence-corrected chi connectivity index (χ0v) is 17.9. The van der Waals surface area contributed by atoms with Crippen LogP contribution in [0.3, 0.4) is 0 Å². The van der Waals surface area contributed by atoms with Crippen molar-refractivity contribution in [1.82, 2.24) is 10.9 Å². The molecule has 0 spiro atoms. The molecule has 158 valence electrons. The SMILES string of the molecule is O=C(COC(=O)c1ccccc1OCc1ccccc1Br)NNC(=O)c1ccccc1. The van der Waals surface area contributed by atoms with Gasteiger partial charge in [-0.2, -0.15) is 0 Å². The van der Waals surface area contributed by atoms with Gasteiger partial charge in [0.1, 0.15) is 17.9 Å². The highest BCUT2D eigenvalue weighted by molar-refractivity contribution is 9.10. The molecule has 2 N–H and O–H groups in total. The molecule has 0 aliphatic heterocycles. The van der Waals surface area contributed by atoms with Gasteiger partial charge in [-0.1, -0.05) is 64.5 Å². The van der Waals surface area contributed by atoms with Gasteiger partial charge in [-0.25, -0.2) is 4.79 Å². The van der Waals surface area contributed by atoms with Gasteiger partial charge in [0, 0.05) is 15.6 Å². The highest BCUT2D eigenvalue weighted by atomic mass is 79.9. The minimum Gasteiger partial charge on any atom is -0.488 e. The van der Waals surface area contributed by atoms with Crippen molar-refractivity contribution >= 4 is 33.7 Å². The summed E-state index contributed by atoms with van der Waals surface area (Å²) in [6.07, 6.45) is 0. The molecule has 0 aliphatic carbocycles. The second-order valence-electron chi connectivity index (χ2n) is 6.32. The molecule has 0 saturated carbocycles. The molecule has 3 rings (SSSR count). The molecular formula is C23H19BrN2O5. The van der Waals surface area contributed by atoms with Crippen molar-refractivity contribution < 1.29 is 23.9 Å². The summed E-state index contributed by atoms with van der Waals surface area (Å²) in [5.41, 5.74) is 5.95. The van der Waals surface area contributed by atoms with Crippen molar-refractivity contribution in [2.45, 2.75) is 6.61 Å². The van der Waals surface area contributed by atoms with Gasteiger partial charge in [0.05, 0.1) is 0 Å². The van der Waals surface area contributed by atoms with E-state index in [0.717, 1.165) is 10.0 Å².